The Bertz CT molecular complexity index is 507. The van der Waals surface area contributed by atoms with E-state index in [1.807, 2.05) is 0 Å². The second kappa shape index (κ2) is 7.39. The number of hydrogen-bond donors (Lipinski definition) is 2. The SMILES string of the molecule is NCC#Cc1cc(F)ccc1CN1CCCCC1CO. The summed E-state index contributed by atoms with van der Waals surface area (Å²) >= 11 is 0. The van der Waals surface area contributed by atoms with Crippen molar-refractivity contribution in [3.05, 3.63) is 35.1 Å². The van der Waals surface area contributed by atoms with Crippen LogP contribution in [0.2, 0.25) is 0 Å². The number of hydrogen-bond acceptors (Lipinski definition) is 3. The number of halogens is 1. The predicted octanol–water partition coefficient (Wildman–Crippen LogP) is 1.48. The second-order valence-electron chi connectivity index (χ2n) is 5.11. The van der Waals surface area contributed by atoms with Gasteiger partial charge in [-0.2, -0.15) is 0 Å². The molecule has 0 spiro atoms. The third-order valence-corrected chi connectivity index (χ3v) is 3.73. The van der Waals surface area contributed by atoms with E-state index < -0.39 is 0 Å². The van der Waals surface area contributed by atoms with E-state index in [-0.39, 0.29) is 25.0 Å². The summed E-state index contributed by atoms with van der Waals surface area (Å²) in [5.41, 5.74) is 7.07. The number of nitrogens with two attached hydrogens (primary N) is 1. The first-order chi connectivity index (χ1) is 9.74. The van der Waals surface area contributed by atoms with E-state index in [0.717, 1.165) is 31.4 Å². The molecule has 4 heteroatoms. The van der Waals surface area contributed by atoms with Crippen LogP contribution in [-0.4, -0.2) is 35.7 Å². The molecule has 1 aliphatic heterocycles. The molecule has 0 amide bonds. The van der Waals surface area contributed by atoms with Crippen LogP contribution < -0.4 is 5.73 Å². The molecule has 0 saturated carbocycles. The Morgan fingerprint density at radius 3 is 3.00 bits per heavy atom. The van der Waals surface area contributed by atoms with Crippen molar-refractivity contribution < 1.29 is 9.50 Å². The van der Waals surface area contributed by atoms with Gasteiger partial charge in [-0.3, -0.25) is 4.90 Å². The summed E-state index contributed by atoms with van der Waals surface area (Å²) in [4.78, 5) is 2.25. The van der Waals surface area contributed by atoms with Gasteiger partial charge < -0.3 is 10.8 Å². The standard InChI is InChI=1S/C16H21FN2O/c17-15-7-6-14(13(10-15)4-3-8-18)11-19-9-2-1-5-16(19)12-20/h6-7,10,16,20H,1-2,5,8-9,11-12,18H2. The number of nitrogens with zero attached hydrogens (tertiary/aromatic N) is 1. The van der Waals surface area contributed by atoms with Crippen LogP contribution in [0.1, 0.15) is 30.4 Å². The molecule has 3 N–H and O–H groups in total. The second-order valence-corrected chi connectivity index (χ2v) is 5.11. The molecule has 1 unspecified atom stereocenters. The van der Waals surface area contributed by atoms with E-state index >= 15 is 0 Å². The Morgan fingerprint density at radius 2 is 2.25 bits per heavy atom. The molecule has 1 heterocycles. The van der Waals surface area contributed by atoms with Crippen molar-refractivity contribution in [2.45, 2.75) is 31.8 Å². The van der Waals surface area contributed by atoms with Gasteiger partial charge in [-0.1, -0.05) is 24.3 Å². The zero-order valence-electron chi connectivity index (χ0n) is 11.6. The van der Waals surface area contributed by atoms with Gasteiger partial charge in [-0.15, -0.1) is 0 Å². The summed E-state index contributed by atoms with van der Waals surface area (Å²) in [7, 11) is 0. The smallest absolute Gasteiger partial charge is 0.124 e. The van der Waals surface area contributed by atoms with E-state index in [1.165, 1.54) is 12.1 Å². The number of benzene rings is 1. The zero-order valence-corrected chi connectivity index (χ0v) is 11.6. The van der Waals surface area contributed by atoms with E-state index in [2.05, 4.69) is 16.7 Å². The third-order valence-electron chi connectivity index (χ3n) is 3.73. The maximum atomic E-state index is 13.3. The highest BCUT2D eigenvalue weighted by atomic mass is 19.1. The normalized spacial score (nSPS) is 19.4. The zero-order chi connectivity index (χ0) is 14.4. The van der Waals surface area contributed by atoms with Crippen LogP contribution in [0.3, 0.4) is 0 Å². The minimum atomic E-state index is -0.285. The first-order valence-electron chi connectivity index (χ1n) is 7.07. The molecule has 1 saturated heterocycles. The fourth-order valence-electron chi connectivity index (χ4n) is 2.64. The summed E-state index contributed by atoms with van der Waals surface area (Å²) < 4.78 is 13.3. The molecule has 2 rings (SSSR count). The molecule has 3 nitrogen and oxygen atoms in total. The Kier molecular flexibility index (Phi) is 5.54. The van der Waals surface area contributed by atoms with Crippen LogP contribution in [0.25, 0.3) is 0 Å². The van der Waals surface area contributed by atoms with Gasteiger partial charge in [0.25, 0.3) is 0 Å². The van der Waals surface area contributed by atoms with Crippen LogP contribution in [0.4, 0.5) is 4.39 Å². The average molecular weight is 276 g/mol. The van der Waals surface area contributed by atoms with Crippen LogP contribution in [0.5, 0.6) is 0 Å². The Morgan fingerprint density at radius 1 is 1.40 bits per heavy atom. The fraction of sp³-hybridized carbons (Fsp3) is 0.500. The van der Waals surface area contributed by atoms with Gasteiger partial charge in [-0.25, -0.2) is 4.39 Å². The van der Waals surface area contributed by atoms with E-state index in [0.29, 0.717) is 12.1 Å². The molecule has 20 heavy (non-hydrogen) atoms. The lowest BCUT2D eigenvalue weighted by atomic mass is 10.00. The quantitative estimate of drug-likeness (QED) is 0.822. The van der Waals surface area contributed by atoms with Gasteiger partial charge >= 0.3 is 0 Å². The molecule has 108 valence electrons. The minimum Gasteiger partial charge on any atom is -0.395 e. The van der Waals surface area contributed by atoms with Crippen molar-refractivity contribution in [2.75, 3.05) is 19.7 Å². The molecule has 1 atom stereocenters. The topological polar surface area (TPSA) is 49.5 Å². The van der Waals surface area contributed by atoms with E-state index in [1.54, 1.807) is 6.07 Å². The molecule has 0 aliphatic carbocycles. The minimum absolute atomic E-state index is 0.172. The van der Waals surface area contributed by atoms with Gasteiger partial charge in [0.2, 0.25) is 0 Å². The van der Waals surface area contributed by atoms with Gasteiger partial charge in [0.15, 0.2) is 0 Å². The van der Waals surface area contributed by atoms with Crippen LogP contribution in [0.15, 0.2) is 18.2 Å². The molecule has 0 bridgehead atoms. The number of rotatable bonds is 3. The van der Waals surface area contributed by atoms with Gasteiger partial charge in [0.1, 0.15) is 5.82 Å². The van der Waals surface area contributed by atoms with Gasteiger partial charge in [0.05, 0.1) is 13.2 Å². The van der Waals surface area contributed by atoms with Crippen molar-refractivity contribution in [1.29, 1.82) is 0 Å². The van der Waals surface area contributed by atoms with Gasteiger partial charge in [-0.05, 0) is 37.1 Å². The molecule has 0 radical (unpaired) electrons. The molecule has 1 aliphatic rings. The Hall–Kier alpha value is -1.41. The maximum Gasteiger partial charge on any atom is 0.124 e. The Balaban J connectivity index is 2.19. The average Bonchev–Trinajstić information content (AvgIpc) is 2.48. The van der Waals surface area contributed by atoms with Crippen molar-refractivity contribution >= 4 is 0 Å². The third kappa shape index (κ3) is 3.80. The van der Waals surface area contributed by atoms with Crippen LogP contribution in [-0.2, 0) is 6.54 Å². The lowest BCUT2D eigenvalue weighted by Gasteiger charge is -2.34. The fourth-order valence-corrected chi connectivity index (χ4v) is 2.64. The number of piperidine rings is 1. The number of likely N-dealkylation sites (tertiary alicyclic amines) is 1. The number of aliphatic hydroxyl groups is 1. The van der Waals surface area contributed by atoms with Crippen molar-refractivity contribution in [3.63, 3.8) is 0 Å². The Labute approximate surface area is 119 Å². The summed E-state index contributed by atoms with van der Waals surface area (Å²) in [6.45, 7) is 2.09. The first-order valence-corrected chi connectivity index (χ1v) is 7.07. The van der Waals surface area contributed by atoms with Gasteiger partial charge in [0, 0.05) is 18.2 Å². The number of aliphatic hydroxyl groups excluding tert-OH is 1. The lowest BCUT2D eigenvalue weighted by molar-refractivity contribution is 0.0840. The van der Waals surface area contributed by atoms with Crippen molar-refractivity contribution in [1.82, 2.24) is 4.90 Å². The van der Waals surface area contributed by atoms with Crippen LogP contribution in [0, 0.1) is 17.7 Å². The summed E-state index contributed by atoms with van der Waals surface area (Å²) in [5, 5.41) is 9.45. The predicted molar refractivity (Wildman–Crippen MR) is 77.5 cm³/mol. The van der Waals surface area contributed by atoms with E-state index in [4.69, 9.17) is 5.73 Å². The maximum absolute atomic E-state index is 13.3. The highest BCUT2D eigenvalue weighted by Gasteiger charge is 2.22. The molecule has 1 aromatic rings. The highest BCUT2D eigenvalue weighted by molar-refractivity contribution is 5.42. The molecule has 0 aromatic heterocycles. The van der Waals surface area contributed by atoms with Crippen LogP contribution >= 0.6 is 0 Å². The largest absolute Gasteiger partial charge is 0.395 e. The molecule has 1 fully saturated rings. The molecular weight excluding hydrogens is 255 g/mol. The van der Waals surface area contributed by atoms with E-state index in [9.17, 15) is 9.50 Å². The summed E-state index contributed by atoms with van der Waals surface area (Å²) in [6, 6.07) is 4.89. The molecule has 1 aromatic carbocycles. The summed E-state index contributed by atoms with van der Waals surface area (Å²) in [6.07, 6.45) is 3.31. The summed E-state index contributed by atoms with van der Waals surface area (Å²) in [5.74, 6) is 5.43. The first kappa shape index (κ1) is 15.0. The monoisotopic (exact) mass is 276 g/mol. The van der Waals surface area contributed by atoms with Crippen molar-refractivity contribution in [3.8, 4) is 11.8 Å². The van der Waals surface area contributed by atoms with Crippen molar-refractivity contribution in [2.24, 2.45) is 5.73 Å². The highest BCUT2D eigenvalue weighted by Crippen LogP contribution is 2.21. The molecular formula is C16H21FN2O. The lowest BCUT2D eigenvalue weighted by Crippen LogP contribution is -2.41.